The second-order valence-corrected chi connectivity index (χ2v) is 6.00. The molecule has 0 saturated heterocycles. The number of carbonyl (C=O) groups is 3. The Kier molecular flexibility index (Phi) is 5.36. The van der Waals surface area contributed by atoms with Gasteiger partial charge in [-0.2, -0.15) is 5.10 Å². The summed E-state index contributed by atoms with van der Waals surface area (Å²) < 4.78 is 1.55. The summed E-state index contributed by atoms with van der Waals surface area (Å²) in [5.41, 5.74) is 3.94. The van der Waals surface area contributed by atoms with Gasteiger partial charge in [0.25, 0.3) is 11.7 Å². The maximum Gasteiger partial charge on any atom is 0.292 e. The molecule has 0 spiro atoms. The van der Waals surface area contributed by atoms with Gasteiger partial charge in [0, 0.05) is 18.4 Å². The lowest BCUT2D eigenvalue weighted by molar-refractivity contribution is -0.121. The molecular weight excluding hydrogens is 320 g/mol. The number of benzene rings is 1. The lowest BCUT2D eigenvalue weighted by Crippen LogP contribution is -2.37. The summed E-state index contributed by atoms with van der Waals surface area (Å²) >= 11 is 0. The monoisotopic (exact) mass is 342 g/mol. The summed E-state index contributed by atoms with van der Waals surface area (Å²) in [6.45, 7) is 6.88. The Morgan fingerprint density at radius 3 is 2.20 bits per heavy atom. The quantitative estimate of drug-likeness (QED) is 0.637. The van der Waals surface area contributed by atoms with E-state index in [9.17, 15) is 14.4 Å². The highest BCUT2D eigenvalue weighted by Gasteiger charge is 2.24. The predicted octanol–water partition coefficient (Wildman–Crippen LogP) is 1.59. The molecule has 132 valence electrons. The van der Waals surface area contributed by atoms with Crippen LogP contribution in [-0.4, -0.2) is 33.9 Å². The average Bonchev–Trinajstić information content (AvgIpc) is 2.80. The van der Waals surface area contributed by atoms with Crippen molar-refractivity contribution in [3.8, 4) is 0 Å². The lowest BCUT2D eigenvalue weighted by Gasteiger charge is -2.11. The predicted molar refractivity (Wildman–Crippen MR) is 94.6 cm³/mol. The number of aromatic nitrogens is 2. The maximum atomic E-state index is 12.3. The largest absolute Gasteiger partial charge is 0.340 e. The number of rotatable bonds is 5. The summed E-state index contributed by atoms with van der Waals surface area (Å²) in [6, 6.07) is 5.68. The molecule has 25 heavy (non-hydrogen) atoms. The molecular formula is C18H22N4O3. The van der Waals surface area contributed by atoms with E-state index in [1.807, 2.05) is 32.0 Å². The first-order valence-corrected chi connectivity index (χ1v) is 7.91. The molecule has 1 aromatic carbocycles. The van der Waals surface area contributed by atoms with Crippen LogP contribution in [0.25, 0.3) is 0 Å². The molecule has 0 aliphatic rings. The van der Waals surface area contributed by atoms with Crippen LogP contribution in [0.2, 0.25) is 0 Å². The van der Waals surface area contributed by atoms with Gasteiger partial charge in [0.15, 0.2) is 0 Å². The number of nitrogens with one attached hydrogen (secondary N) is 2. The normalized spacial score (nSPS) is 10.4. The Morgan fingerprint density at radius 1 is 1.08 bits per heavy atom. The number of hydrogen-bond acceptors (Lipinski definition) is 4. The maximum absolute atomic E-state index is 12.3. The minimum atomic E-state index is -0.823. The van der Waals surface area contributed by atoms with E-state index in [0.29, 0.717) is 17.1 Å². The summed E-state index contributed by atoms with van der Waals surface area (Å²) in [7, 11) is 1.70. The Balaban J connectivity index is 2.00. The topological polar surface area (TPSA) is 93.1 Å². The van der Waals surface area contributed by atoms with Crippen LogP contribution in [0.4, 0.5) is 5.69 Å². The molecule has 0 saturated carbocycles. The van der Waals surface area contributed by atoms with Gasteiger partial charge in [0.2, 0.25) is 5.91 Å². The molecule has 2 aromatic rings. The zero-order valence-corrected chi connectivity index (χ0v) is 15.1. The van der Waals surface area contributed by atoms with E-state index in [1.165, 1.54) is 0 Å². The van der Waals surface area contributed by atoms with E-state index in [4.69, 9.17) is 0 Å². The molecule has 7 nitrogen and oxygen atoms in total. The van der Waals surface area contributed by atoms with Crippen LogP contribution in [0.5, 0.6) is 0 Å². The fourth-order valence-electron chi connectivity index (χ4n) is 2.65. The van der Waals surface area contributed by atoms with Gasteiger partial charge in [0.05, 0.1) is 17.8 Å². The van der Waals surface area contributed by atoms with Gasteiger partial charge < -0.3 is 10.6 Å². The summed E-state index contributed by atoms with van der Waals surface area (Å²) in [5, 5.41) is 9.25. The van der Waals surface area contributed by atoms with Crippen LogP contribution in [0, 0.1) is 27.7 Å². The van der Waals surface area contributed by atoms with Crippen molar-refractivity contribution in [1.29, 1.82) is 0 Å². The number of anilines is 1. The van der Waals surface area contributed by atoms with Crippen LogP contribution < -0.4 is 10.6 Å². The molecule has 0 fully saturated rings. The van der Waals surface area contributed by atoms with E-state index >= 15 is 0 Å². The van der Waals surface area contributed by atoms with E-state index in [-0.39, 0.29) is 12.1 Å². The number of carbonyl (C=O) groups excluding carboxylic acids is 3. The van der Waals surface area contributed by atoms with Crippen molar-refractivity contribution >= 4 is 23.3 Å². The van der Waals surface area contributed by atoms with Crippen molar-refractivity contribution < 1.29 is 14.4 Å². The highest BCUT2D eigenvalue weighted by Crippen LogP contribution is 2.19. The van der Waals surface area contributed by atoms with Crippen molar-refractivity contribution in [3.63, 3.8) is 0 Å². The van der Waals surface area contributed by atoms with Crippen LogP contribution in [0.15, 0.2) is 18.2 Å². The molecule has 0 aliphatic carbocycles. The zero-order chi connectivity index (χ0) is 18.7. The van der Waals surface area contributed by atoms with Gasteiger partial charge in [0.1, 0.15) is 0 Å². The van der Waals surface area contributed by atoms with Crippen molar-refractivity contribution in [2.24, 2.45) is 7.05 Å². The molecule has 2 rings (SSSR count). The van der Waals surface area contributed by atoms with Gasteiger partial charge >= 0.3 is 0 Å². The number of Topliss-reactive ketones (excluding diaryl/α,β-unsaturated/α-hetero) is 1. The van der Waals surface area contributed by atoms with Crippen molar-refractivity contribution in [1.82, 2.24) is 15.1 Å². The molecule has 1 heterocycles. The number of para-hydroxylation sites is 1. The Morgan fingerprint density at radius 2 is 1.68 bits per heavy atom. The smallest absolute Gasteiger partial charge is 0.292 e. The molecule has 0 aliphatic heterocycles. The standard InChI is InChI=1S/C18H22N4O3/c1-10-7-6-8-11(2)16(10)20-14(23)9-19-18(25)17(24)15-12(3)21-22(5)13(15)4/h6-8H,9H2,1-5H3,(H,19,25)(H,20,23). The Labute approximate surface area is 146 Å². The number of hydrogen-bond donors (Lipinski definition) is 2. The van der Waals surface area contributed by atoms with Crippen molar-refractivity contribution in [2.45, 2.75) is 27.7 Å². The second kappa shape index (κ2) is 7.29. The minimum Gasteiger partial charge on any atom is -0.340 e. The van der Waals surface area contributed by atoms with Gasteiger partial charge in [-0.05, 0) is 38.8 Å². The molecule has 7 heteroatoms. The Hall–Kier alpha value is -2.96. The average molecular weight is 342 g/mol. The summed E-state index contributed by atoms with van der Waals surface area (Å²) in [4.78, 5) is 36.4. The molecule has 2 N–H and O–H groups in total. The molecule has 0 radical (unpaired) electrons. The SMILES string of the molecule is Cc1cccc(C)c1NC(=O)CNC(=O)C(=O)c1c(C)nn(C)c1C. The Bertz CT molecular complexity index is 832. The molecule has 1 aromatic heterocycles. The fourth-order valence-corrected chi connectivity index (χ4v) is 2.65. The molecule has 0 unspecified atom stereocenters. The number of aryl methyl sites for hydroxylation is 4. The highest BCUT2D eigenvalue weighted by molar-refractivity contribution is 6.43. The molecule has 2 amide bonds. The fraction of sp³-hybridized carbons (Fsp3) is 0.333. The van der Waals surface area contributed by atoms with E-state index < -0.39 is 17.6 Å². The van der Waals surface area contributed by atoms with Crippen LogP contribution in [-0.2, 0) is 16.6 Å². The third-order valence-electron chi connectivity index (χ3n) is 4.10. The first-order chi connectivity index (χ1) is 11.7. The minimum absolute atomic E-state index is 0.273. The summed E-state index contributed by atoms with van der Waals surface area (Å²) in [6.07, 6.45) is 0. The van der Waals surface area contributed by atoms with Gasteiger partial charge in [-0.15, -0.1) is 0 Å². The molecule has 0 bridgehead atoms. The lowest BCUT2D eigenvalue weighted by atomic mass is 10.1. The van der Waals surface area contributed by atoms with Crippen LogP contribution in [0.3, 0.4) is 0 Å². The molecule has 0 atom stereocenters. The summed E-state index contributed by atoms with van der Waals surface area (Å²) in [5.74, 6) is -1.91. The highest BCUT2D eigenvalue weighted by atomic mass is 16.2. The zero-order valence-electron chi connectivity index (χ0n) is 15.1. The van der Waals surface area contributed by atoms with Gasteiger partial charge in [-0.3, -0.25) is 19.1 Å². The van der Waals surface area contributed by atoms with E-state index in [2.05, 4.69) is 15.7 Å². The van der Waals surface area contributed by atoms with Gasteiger partial charge in [-0.1, -0.05) is 18.2 Å². The van der Waals surface area contributed by atoms with Crippen molar-refractivity contribution in [2.75, 3.05) is 11.9 Å². The number of nitrogens with zero attached hydrogens (tertiary/aromatic N) is 2. The first-order valence-electron chi connectivity index (χ1n) is 7.91. The third-order valence-corrected chi connectivity index (χ3v) is 4.10. The van der Waals surface area contributed by atoms with Crippen LogP contribution in [0.1, 0.15) is 32.9 Å². The van der Waals surface area contributed by atoms with Gasteiger partial charge in [-0.25, -0.2) is 0 Å². The van der Waals surface area contributed by atoms with Crippen LogP contribution >= 0.6 is 0 Å². The van der Waals surface area contributed by atoms with Crippen molar-refractivity contribution in [3.05, 3.63) is 46.3 Å². The van der Waals surface area contributed by atoms with E-state index in [1.54, 1.807) is 25.6 Å². The first kappa shape index (κ1) is 18.4. The third kappa shape index (κ3) is 3.93. The number of ketones is 1. The second-order valence-electron chi connectivity index (χ2n) is 6.00. The van der Waals surface area contributed by atoms with E-state index in [0.717, 1.165) is 11.1 Å². The number of amides is 2.